The summed E-state index contributed by atoms with van der Waals surface area (Å²) in [6.07, 6.45) is 5.73. The minimum Gasteiger partial charge on any atom is -0.355 e. The first kappa shape index (κ1) is 23.3. The number of aliphatic imine (C=N–C) groups is 1. The van der Waals surface area contributed by atoms with Crippen molar-refractivity contribution in [2.75, 3.05) is 52.9 Å². The number of piperazine rings is 1. The number of hydrogen-bond acceptors (Lipinski definition) is 3. The van der Waals surface area contributed by atoms with Crippen molar-refractivity contribution >= 4 is 35.8 Å². The second-order valence-corrected chi connectivity index (χ2v) is 8.56. The molecule has 1 N–H and O–H groups in total. The van der Waals surface area contributed by atoms with Crippen LogP contribution in [0, 0.1) is 5.92 Å². The van der Waals surface area contributed by atoms with Gasteiger partial charge in [0, 0.05) is 65.3 Å². The summed E-state index contributed by atoms with van der Waals surface area (Å²) in [6, 6.07) is 8.71. The molecule has 0 spiro atoms. The molecule has 0 radical (unpaired) electrons. The van der Waals surface area contributed by atoms with Crippen LogP contribution < -0.4 is 5.32 Å². The topological polar surface area (TPSA) is 51.2 Å². The Morgan fingerprint density at radius 2 is 1.73 bits per heavy atom. The molecule has 166 valence electrons. The molecular formula is C23H36IN5O. The van der Waals surface area contributed by atoms with Crippen LogP contribution in [-0.4, -0.2) is 79.4 Å². The van der Waals surface area contributed by atoms with Crippen LogP contribution >= 0.6 is 24.0 Å². The first-order chi connectivity index (χ1) is 14.2. The van der Waals surface area contributed by atoms with Crippen LogP contribution in [0.5, 0.6) is 0 Å². The Kier molecular flexibility index (Phi) is 8.80. The SMILES string of the molecule is CN=C(NCCN1CCN(C(=O)C2CCCC2)CC1)N1CCc2ccccc2C1.I. The van der Waals surface area contributed by atoms with Crippen LogP contribution in [-0.2, 0) is 17.8 Å². The first-order valence-corrected chi connectivity index (χ1v) is 11.3. The maximum absolute atomic E-state index is 12.6. The lowest BCUT2D eigenvalue weighted by molar-refractivity contribution is -0.137. The van der Waals surface area contributed by atoms with Crippen LogP contribution in [0.4, 0.5) is 0 Å². The van der Waals surface area contributed by atoms with Gasteiger partial charge in [-0.05, 0) is 30.4 Å². The second-order valence-electron chi connectivity index (χ2n) is 8.56. The summed E-state index contributed by atoms with van der Waals surface area (Å²) in [5.74, 6) is 1.71. The molecule has 2 heterocycles. The minimum atomic E-state index is 0. The molecule has 0 unspecified atom stereocenters. The third-order valence-corrected chi connectivity index (χ3v) is 6.74. The quantitative estimate of drug-likeness (QED) is 0.373. The van der Waals surface area contributed by atoms with Gasteiger partial charge in [0.15, 0.2) is 5.96 Å². The summed E-state index contributed by atoms with van der Waals surface area (Å²) in [4.78, 5) is 24.0. The monoisotopic (exact) mass is 525 g/mol. The highest BCUT2D eigenvalue weighted by molar-refractivity contribution is 14.0. The van der Waals surface area contributed by atoms with Crippen LogP contribution in [0.1, 0.15) is 36.8 Å². The van der Waals surface area contributed by atoms with Crippen molar-refractivity contribution in [3.05, 3.63) is 35.4 Å². The molecule has 1 saturated heterocycles. The number of halogens is 1. The number of hydrogen-bond donors (Lipinski definition) is 1. The Labute approximate surface area is 198 Å². The van der Waals surface area contributed by atoms with E-state index in [1.54, 1.807) is 0 Å². The number of carbonyl (C=O) groups is 1. The zero-order valence-corrected chi connectivity index (χ0v) is 20.5. The molecule has 0 aromatic heterocycles. The fourth-order valence-electron chi connectivity index (χ4n) is 4.96. The van der Waals surface area contributed by atoms with Crippen molar-refractivity contribution in [2.45, 2.75) is 38.6 Å². The fourth-order valence-corrected chi connectivity index (χ4v) is 4.96. The van der Waals surface area contributed by atoms with E-state index < -0.39 is 0 Å². The number of nitrogens with one attached hydrogen (secondary N) is 1. The van der Waals surface area contributed by atoms with Gasteiger partial charge in [0.2, 0.25) is 5.91 Å². The molecule has 30 heavy (non-hydrogen) atoms. The molecule has 0 bridgehead atoms. The first-order valence-electron chi connectivity index (χ1n) is 11.3. The molecule has 1 aliphatic carbocycles. The van der Waals surface area contributed by atoms with Crippen molar-refractivity contribution < 1.29 is 4.79 Å². The van der Waals surface area contributed by atoms with Crippen molar-refractivity contribution in [3.63, 3.8) is 0 Å². The third kappa shape index (κ3) is 5.66. The maximum atomic E-state index is 12.6. The van der Waals surface area contributed by atoms with Crippen LogP contribution in [0.15, 0.2) is 29.3 Å². The van der Waals surface area contributed by atoms with Crippen LogP contribution in [0.25, 0.3) is 0 Å². The Bertz CT molecular complexity index is 726. The van der Waals surface area contributed by atoms with Gasteiger partial charge in [0.1, 0.15) is 0 Å². The summed E-state index contributed by atoms with van der Waals surface area (Å²) in [5.41, 5.74) is 2.87. The van der Waals surface area contributed by atoms with Crippen molar-refractivity contribution in [2.24, 2.45) is 10.9 Å². The average molecular weight is 525 g/mol. The van der Waals surface area contributed by atoms with E-state index in [0.717, 1.165) is 77.6 Å². The molecule has 1 aromatic rings. The fraction of sp³-hybridized carbons (Fsp3) is 0.652. The number of amides is 1. The summed E-state index contributed by atoms with van der Waals surface area (Å²) < 4.78 is 0. The zero-order valence-electron chi connectivity index (χ0n) is 18.2. The molecule has 0 atom stereocenters. The van der Waals surface area contributed by atoms with E-state index in [0.29, 0.717) is 11.8 Å². The average Bonchev–Trinajstić information content (AvgIpc) is 3.31. The molecule has 3 aliphatic rings. The molecule has 2 fully saturated rings. The van der Waals surface area contributed by atoms with E-state index in [2.05, 4.69) is 49.3 Å². The summed E-state index contributed by atoms with van der Waals surface area (Å²) in [7, 11) is 1.87. The predicted octanol–water partition coefficient (Wildman–Crippen LogP) is 2.57. The molecule has 2 aliphatic heterocycles. The Balaban J connectivity index is 0.00000256. The van der Waals surface area contributed by atoms with Gasteiger partial charge >= 0.3 is 0 Å². The molecule has 4 rings (SSSR count). The van der Waals surface area contributed by atoms with Gasteiger partial charge < -0.3 is 15.1 Å². The van der Waals surface area contributed by atoms with E-state index in [1.807, 2.05) is 7.05 Å². The minimum absolute atomic E-state index is 0. The second kappa shape index (κ2) is 11.3. The molecule has 1 amide bonds. The lowest BCUT2D eigenvalue weighted by Crippen LogP contribution is -2.52. The van der Waals surface area contributed by atoms with Gasteiger partial charge in [-0.25, -0.2) is 0 Å². The number of rotatable bonds is 4. The molecule has 6 nitrogen and oxygen atoms in total. The van der Waals surface area contributed by atoms with Crippen molar-refractivity contribution in [1.29, 1.82) is 0 Å². The molecular weight excluding hydrogens is 489 g/mol. The lowest BCUT2D eigenvalue weighted by atomic mass is 10.0. The van der Waals surface area contributed by atoms with E-state index in [-0.39, 0.29) is 24.0 Å². The van der Waals surface area contributed by atoms with Gasteiger partial charge in [-0.15, -0.1) is 24.0 Å². The van der Waals surface area contributed by atoms with E-state index >= 15 is 0 Å². The largest absolute Gasteiger partial charge is 0.355 e. The van der Waals surface area contributed by atoms with E-state index in [1.165, 1.54) is 24.0 Å². The Morgan fingerprint density at radius 1 is 1.03 bits per heavy atom. The number of benzene rings is 1. The van der Waals surface area contributed by atoms with E-state index in [4.69, 9.17) is 0 Å². The van der Waals surface area contributed by atoms with Crippen LogP contribution in [0.2, 0.25) is 0 Å². The van der Waals surface area contributed by atoms with E-state index in [9.17, 15) is 4.79 Å². The number of nitrogens with zero attached hydrogens (tertiary/aromatic N) is 4. The number of fused-ring (bicyclic) bond motifs is 1. The number of guanidine groups is 1. The molecule has 1 aromatic carbocycles. The van der Waals surface area contributed by atoms with Crippen molar-refractivity contribution in [1.82, 2.24) is 20.0 Å². The lowest BCUT2D eigenvalue weighted by Gasteiger charge is -2.36. The smallest absolute Gasteiger partial charge is 0.225 e. The van der Waals surface area contributed by atoms with Crippen LogP contribution in [0.3, 0.4) is 0 Å². The molecule has 7 heteroatoms. The highest BCUT2D eigenvalue weighted by Crippen LogP contribution is 2.26. The Morgan fingerprint density at radius 3 is 2.43 bits per heavy atom. The normalized spacial score (nSPS) is 20.6. The number of carbonyl (C=O) groups excluding carboxylic acids is 1. The Hall–Kier alpha value is -1.35. The summed E-state index contributed by atoms with van der Waals surface area (Å²) in [5, 5.41) is 3.55. The predicted molar refractivity (Wildman–Crippen MR) is 132 cm³/mol. The highest BCUT2D eigenvalue weighted by Gasteiger charge is 2.29. The van der Waals surface area contributed by atoms with Gasteiger partial charge in [0.25, 0.3) is 0 Å². The molecule has 1 saturated carbocycles. The van der Waals surface area contributed by atoms with Gasteiger partial charge in [0.05, 0.1) is 0 Å². The zero-order chi connectivity index (χ0) is 20.1. The highest BCUT2D eigenvalue weighted by atomic mass is 127. The standard InChI is InChI=1S/C23H35N5O.HI/c1-24-23(28-12-10-19-6-2-5-9-21(19)18-28)25-11-13-26-14-16-27(17-15-26)22(29)20-7-3-4-8-20;/h2,5-6,9,20H,3-4,7-8,10-18H2,1H3,(H,24,25);1H. The summed E-state index contributed by atoms with van der Waals surface area (Å²) in [6.45, 7) is 7.55. The van der Waals surface area contributed by atoms with Crippen molar-refractivity contribution in [3.8, 4) is 0 Å². The van der Waals surface area contributed by atoms with Gasteiger partial charge in [-0.2, -0.15) is 0 Å². The van der Waals surface area contributed by atoms with Gasteiger partial charge in [-0.1, -0.05) is 37.1 Å². The van der Waals surface area contributed by atoms with Gasteiger partial charge in [-0.3, -0.25) is 14.7 Å². The third-order valence-electron chi connectivity index (χ3n) is 6.74. The maximum Gasteiger partial charge on any atom is 0.225 e. The summed E-state index contributed by atoms with van der Waals surface area (Å²) >= 11 is 0.